The number of rotatable bonds is 5. The molecule has 1 N–H and O–H groups in total. The third kappa shape index (κ3) is 4.54. The van der Waals surface area contributed by atoms with E-state index in [-0.39, 0.29) is 24.6 Å². The third-order valence-electron chi connectivity index (χ3n) is 3.46. The van der Waals surface area contributed by atoms with Crippen LogP contribution in [-0.4, -0.2) is 18.4 Å². The monoisotopic (exact) mass is 337 g/mol. The van der Waals surface area contributed by atoms with Gasteiger partial charge in [0.05, 0.1) is 6.42 Å². The van der Waals surface area contributed by atoms with E-state index < -0.39 is 11.6 Å². The summed E-state index contributed by atoms with van der Waals surface area (Å²) < 4.78 is 10.2. The molecule has 6 nitrogen and oxygen atoms in total. The molecule has 0 saturated carbocycles. The molecular formula is C19H15NO5. The molecule has 0 bridgehead atoms. The Morgan fingerprint density at radius 3 is 2.56 bits per heavy atom. The van der Waals surface area contributed by atoms with Gasteiger partial charge in [0.2, 0.25) is 5.91 Å². The van der Waals surface area contributed by atoms with Gasteiger partial charge in [-0.2, -0.15) is 0 Å². The first-order chi connectivity index (χ1) is 12.1. The van der Waals surface area contributed by atoms with Crippen molar-refractivity contribution in [3.8, 4) is 5.75 Å². The van der Waals surface area contributed by atoms with Crippen molar-refractivity contribution in [3.63, 3.8) is 0 Å². The first-order valence-electron chi connectivity index (χ1n) is 7.65. The molecule has 0 aliphatic carbocycles. The van der Waals surface area contributed by atoms with Crippen LogP contribution >= 0.6 is 0 Å². The first kappa shape index (κ1) is 16.4. The maximum Gasteiger partial charge on any atom is 0.336 e. The summed E-state index contributed by atoms with van der Waals surface area (Å²) >= 11 is 0. The van der Waals surface area contributed by atoms with Crippen LogP contribution in [0.3, 0.4) is 0 Å². The van der Waals surface area contributed by atoms with Crippen molar-refractivity contribution in [3.05, 3.63) is 76.6 Å². The van der Waals surface area contributed by atoms with Gasteiger partial charge in [0.1, 0.15) is 17.9 Å². The average molecular weight is 337 g/mol. The van der Waals surface area contributed by atoms with Gasteiger partial charge in [-0.25, -0.2) is 9.59 Å². The molecule has 25 heavy (non-hydrogen) atoms. The molecule has 0 atom stereocenters. The van der Waals surface area contributed by atoms with Crippen molar-refractivity contribution < 1.29 is 18.7 Å². The Labute approximate surface area is 143 Å². The fourth-order valence-corrected chi connectivity index (χ4v) is 2.29. The van der Waals surface area contributed by atoms with E-state index in [2.05, 4.69) is 5.32 Å². The highest BCUT2D eigenvalue weighted by Crippen LogP contribution is 2.19. The summed E-state index contributed by atoms with van der Waals surface area (Å²) in [6.45, 7) is -0.248. The van der Waals surface area contributed by atoms with Gasteiger partial charge in [0.25, 0.3) is 0 Å². The Bertz CT molecular complexity index is 962. The van der Waals surface area contributed by atoms with Crippen molar-refractivity contribution in [2.45, 2.75) is 6.42 Å². The van der Waals surface area contributed by atoms with Gasteiger partial charge in [-0.15, -0.1) is 0 Å². The lowest BCUT2D eigenvalue weighted by Crippen LogP contribution is -2.32. The molecule has 0 saturated heterocycles. The molecule has 126 valence electrons. The van der Waals surface area contributed by atoms with Gasteiger partial charge in [-0.3, -0.25) is 4.79 Å². The smallest absolute Gasteiger partial charge is 0.336 e. The zero-order chi connectivity index (χ0) is 17.6. The number of benzene rings is 2. The zero-order valence-corrected chi connectivity index (χ0v) is 13.2. The van der Waals surface area contributed by atoms with E-state index >= 15 is 0 Å². The Hall–Kier alpha value is -3.41. The second-order valence-corrected chi connectivity index (χ2v) is 5.37. The van der Waals surface area contributed by atoms with E-state index in [1.54, 1.807) is 18.2 Å². The number of hydrogen-bond acceptors (Lipinski definition) is 5. The highest BCUT2D eigenvalue weighted by atomic mass is 16.5. The summed E-state index contributed by atoms with van der Waals surface area (Å²) in [6, 6.07) is 16.9. The van der Waals surface area contributed by atoms with Gasteiger partial charge in [-0.1, -0.05) is 30.3 Å². The molecule has 1 heterocycles. The lowest BCUT2D eigenvalue weighted by atomic mass is 10.1. The molecule has 0 radical (unpaired) electrons. The van der Waals surface area contributed by atoms with E-state index in [4.69, 9.17) is 9.15 Å². The lowest BCUT2D eigenvalue weighted by molar-refractivity contribution is -0.135. The maximum absolute atomic E-state index is 11.8. The van der Waals surface area contributed by atoms with Crippen molar-refractivity contribution >= 4 is 22.8 Å². The number of carbonyl (C=O) groups excluding carboxylic acids is 2. The molecule has 0 aliphatic heterocycles. The predicted octanol–water partition coefficient (Wildman–Crippen LogP) is 2.06. The summed E-state index contributed by atoms with van der Waals surface area (Å²) in [4.78, 5) is 34.9. The Morgan fingerprint density at radius 2 is 1.76 bits per heavy atom. The second kappa shape index (κ2) is 7.44. The van der Waals surface area contributed by atoms with Crippen LogP contribution in [0.5, 0.6) is 5.75 Å². The summed E-state index contributed by atoms with van der Waals surface area (Å²) in [5.74, 6) is -0.643. The molecule has 1 aromatic heterocycles. The number of nitrogens with one attached hydrogen (secondary N) is 1. The third-order valence-corrected chi connectivity index (χ3v) is 3.46. The minimum Gasteiger partial charge on any atom is -0.425 e. The Balaban J connectivity index is 1.55. The summed E-state index contributed by atoms with van der Waals surface area (Å²) in [6.07, 6.45) is 0.190. The van der Waals surface area contributed by atoms with E-state index in [1.165, 1.54) is 12.1 Å². The molecule has 2 aromatic carbocycles. The minimum atomic E-state index is -0.612. The highest BCUT2D eigenvalue weighted by Gasteiger charge is 2.09. The van der Waals surface area contributed by atoms with Crippen molar-refractivity contribution in [2.75, 3.05) is 6.54 Å². The zero-order valence-electron chi connectivity index (χ0n) is 13.2. The Morgan fingerprint density at radius 1 is 1.00 bits per heavy atom. The minimum absolute atomic E-state index is 0.190. The lowest BCUT2D eigenvalue weighted by Gasteiger charge is -2.07. The van der Waals surface area contributed by atoms with Crippen LogP contribution in [0.15, 0.2) is 69.9 Å². The van der Waals surface area contributed by atoms with Crippen LogP contribution in [0.25, 0.3) is 11.0 Å². The molecule has 1 amide bonds. The summed E-state index contributed by atoms with van der Waals surface area (Å²) in [5.41, 5.74) is 0.702. The van der Waals surface area contributed by atoms with Gasteiger partial charge in [0.15, 0.2) is 0 Å². The van der Waals surface area contributed by atoms with Crippen molar-refractivity contribution in [1.82, 2.24) is 5.32 Å². The van der Waals surface area contributed by atoms with Crippen LogP contribution in [0, 0.1) is 0 Å². The molecule has 0 aliphatic rings. The first-order valence-corrected chi connectivity index (χ1v) is 7.65. The fraction of sp³-hybridized carbons (Fsp3) is 0.105. The largest absolute Gasteiger partial charge is 0.425 e. The van der Waals surface area contributed by atoms with Gasteiger partial charge in [0, 0.05) is 17.5 Å². The number of esters is 1. The second-order valence-electron chi connectivity index (χ2n) is 5.37. The van der Waals surface area contributed by atoms with Crippen LogP contribution < -0.4 is 15.7 Å². The average Bonchev–Trinajstić information content (AvgIpc) is 2.60. The summed E-state index contributed by atoms with van der Waals surface area (Å²) in [5, 5.41) is 3.23. The number of ether oxygens (including phenoxy) is 1. The van der Waals surface area contributed by atoms with Crippen LogP contribution in [0.1, 0.15) is 5.56 Å². The Kier molecular flexibility index (Phi) is 4.89. The maximum atomic E-state index is 11.8. The van der Waals surface area contributed by atoms with E-state index in [0.29, 0.717) is 5.58 Å². The van der Waals surface area contributed by atoms with Gasteiger partial charge < -0.3 is 14.5 Å². The van der Waals surface area contributed by atoms with Crippen LogP contribution in [0.4, 0.5) is 0 Å². The number of hydrogen-bond donors (Lipinski definition) is 1. The number of amides is 1. The molecule has 0 spiro atoms. The normalized spacial score (nSPS) is 10.4. The molecule has 0 fully saturated rings. The SMILES string of the molecule is O=C(Cc1ccccc1)NCC(=O)Oc1ccc2ccc(=O)oc2c1. The van der Waals surface area contributed by atoms with Crippen LogP contribution in [-0.2, 0) is 16.0 Å². The highest BCUT2D eigenvalue weighted by molar-refractivity contribution is 5.85. The van der Waals surface area contributed by atoms with Crippen molar-refractivity contribution in [2.24, 2.45) is 0 Å². The molecule has 6 heteroatoms. The molecule has 3 aromatic rings. The molecule has 3 rings (SSSR count). The quantitative estimate of drug-likeness (QED) is 0.437. The van der Waals surface area contributed by atoms with Gasteiger partial charge >= 0.3 is 11.6 Å². The molecular weight excluding hydrogens is 322 g/mol. The van der Waals surface area contributed by atoms with E-state index in [9.17, 15) is 14.4 Å². The summed E-state index contributed by atoms with van der Waals surface area (Å²) in [7, 11) is 0. The van der Waals surface area contributed by atoms with Gasteiger partial charge in [-0.05, 0) is 23.8 Å². The fourth-order valence-electron chi connectivity index (χ4n) is 2.29. The predicted molar refractivity (Wildman–Crippen MR) is 91.3 cm³/mol. The topological polar surface area (TPSA) is 85.6 Å². The van der Waals surface area contributed by atoms with Crippen molar-refractivity contribution in [1.29, 1.82) is 0 Å². The standard InChI is InChI=1S/C19H15NO5/c21-17(10-13-4-2-1-3-5-13)20-12-19(23)24-15-8-6-14-7-9-18(22)25-16(14)11-15/h1-9,11H,10,12H2,(H,20,21). The molecule has 0 unspecified atom stereocenters. The number of fused-ring (bicyclic) bond motifs is 1. The number of carbonyl (C=O) groups is 2. The van der Waals surface area contributed by atoms with Crippen LogP contribution in [0.2, 0.25) is 0 Å². The van der Waals surface area contributed by atoms with E-state index in [0.717, 1.165) is 10.9 Å². The van der Waals surface area contributed by atoms with E-state index in [1.807, 2.05) is 30.3 Å².